The Morgan fingerprint density at radius 1 is 1.08 bits per heavy atom. The van der Waals surface area contributed by atoms with Crippen molar-refractivity contribution in [2.45, 2.75) is 13.3 Å². The van der Waals surface area contributed by atoms with E-state index in [0.717, 1.165) is 30.9 Å². The Bertz CT molecular complexity index is 740. The van der Waals surface area contributed by atoms with Crippen molar-refractivity contribution < 1.29 is 9.53 Å². The number of ether oxygens (including phenoxy) is 1. The molecule has 2 aromatic carbocycles. The monoisotopic (exact) mass is 353 g/mol. The van der Waals surface area contributed by atoms with Gasteiger partial charge in [0.25, 0.3) is 0 Å². The van der Waals surface area contributed by atoms with Crippen molar-refractivity contribution in [1.29, 1.82) is 0 Å². The lowest BCUT2D eigenvalue weighted by atomic mass is 10.1. The van der Waals surface area contributed by atoms with Crippen molar-refractivity contribution in [2.75, 3.05) is 44.7 Å². The first-order valence-electron chi connectivity index (χ1n) is 9.13. The number of nitrogens with one attached hydrogen (secondary N) is 1. The Kier molecular flexibility index (Phi) is 6.00. The molecule has 1 saturated heterocycles. The van der Waals surface area contributed by atoms with Gasteiger partial charge in [0.1, 0.15) is 5.75 Å². The van der Waals surface area contributed by atoms with Crippen LogP contribution in [0.3, 0.4) is 0 Å². The maximum Gasteiger partial charge on any atom is 0.317 e. The van der Waals surface area contributed by atoms with E-state index in [4.69, 9.17) is 4.74 Å². The Hall–Kier alpha value is -2.69. The van der Waals surface area contributed by atoms with Crippen molar-refractivity contribution in [3.63, 3.8) is 0 Å². The van der Waals surface area contributed by atoms with Crippen LogP contribution in [-0.4, -0.2) is 50.8 Å². The third-order valence-corrected chi connectivity index (χ3v) is 4.77. The molecule has 1 aliphatic rings. The first-order chi connectivity index (χ1) is 12.7. The van der Waals surface area contributed by atoms with E-state index in [1.165, 1.54) is 11.1 Å². The van der Waals surface area contributed by atoms with Gasteiger partial charge in [0.15, 0.2) is 0 Å². The van der Waals surface area contributed by atoms with Crippen LogP contribution < -0.4 is 15.0 Å². The second-order valence-corrected chi connectivity index (χ2v) is 6.62. The smallest absolute Gasteiger partial charge is 0.317 e. The molecule has 2 amide bonds. The summed E-state index contributed by atoms with van der Waals surface area (Å²) in [6.07, 6.45) is 0.856. The lowest BCUT2D eigenvalue weighted by Crippen LogP contribution is -2.52. The van der Waals surface area contributed by atoms with Gasteiger partial charge in [0.2, 0.25) is 0 Å². The van der Waals surface area contributed by atoms with Gasteiger partial charge in [-0.3, -0.25) is 0 Å². The summed E-state index contributed by atoms with van der Waals surface area (Å²) >= 11 is 0. The lowest BCUT2D eigenvalue weighted by molar-refractivity contribution is 0.194. The van der Waals surface area contributed by atoms with Gasteiger partial charge < -0.3 is 19.9 Å². The van der Waals surface area contributed by atoms with Crippen LogP contribution in [0.5, 0.6) is 5.75 Å². The van der Waals surface area contributed by atoms with E-state index in [9.17, 15) is 4.79 Å². The third kappa shape index (κ3) is 4.48. The number of para-hydroxylation sites is 2. The summed E-state index contributed by atoms with van der Waals surface area (Å²) in [5, 5.41) is 3.04. The standard InChI is InChI=1S/C21H27N3O2/c1-17-6-5-7-18(16-17)10-11-22-21(25)24-14-12-23(13-15-24)19-8-3-4-9-20(19)26-2/h3-9,16H,10-15H2,1-2H3,(H,22,25). The summed E-state index contributed by atoms with van der Waals surface area (Å²) in [5.74, 6) is 0.878. The minimum absolute atomic E-state index is 0.0253. The van der Waals surface area contributed by atoms with Gasteiger partial charge in [-0.2, -0.15) is 0 Å². The van der Waals surface area contributed by atoms with Crippen molar-refractivity contribution in [1.82, 2.24) is 10.2 Å². The van der Waals surface area contributed by atoms with Crippen LogP contribution in [0, 0.1) is 6.92 Å². The summed E-state index contributed by atoms with van der Waals surface area (Å²) in [6.45, 7) is 5.80. The largest absolute Gasteiger partial charge is 0.495 e. The molecule has 0 atom stereocenters. The SMILES string of the molecule is COc1ccccc1N1CCN(C(=O)NCCc2cccc(C)c2)CC1. The molecular formula is C21H27N3O2. The number of piperazine rings is 1. The minimum Gasteiger partial charge on any atom is -0.495 e. The van der Waals surface area contributed by atoms with Gasteiger partial charge >= 0.3 is 6.03 Å². The number of rotatable bonds is 5. The minimum atomic E-state index is 0.0253. The number of anilines is 1. The van der Waals surface area contributed by atoms with Gasteiger partial charge in [-0.1, -0.05) is 42.0 Å². The topological polar surface area (TPSA) is 44.8 Å². The van der Waals surface area contributed by atoms with Crippen molar-refractivity contribution in [3.8, 4) is 5.75 Å². The summed E-state index contributed by atoms with van der Waals surface area (Å²) < 4.78 is 5.44. The number of carbonyl (C=O) groups excluding carboxylic acids is 1. The molecule has 2 aromatic rings. The van der Waals surface area contributed by atoms with Crippen LogP contribution in [-0.2, 0) is 6.42 Å². The molecule has 5 heteroatoms. The summed E-state index contributed by atoms with van der Waals surface area (Å²) in [6, 6.07) is 16.5. The van der Waals surface area contributed by atoms with Crippen LogP contribution in [0.1, 0.15) is 11.1 Å². The number of hydrogen-bond donors (Lipinski definition) is 1. The van der Waals surface area contributed by atoms with E-state index >= 15 is 0 Å². The number of nitrogens with zero attached hydrogens (tertiary/aromatic N) is 2. The molecular weight excluding hydrogens is 326 g/mol. The van der Waals surface area contributed by atoms with E-state index < -0.39 is 0 Å². The van der Waals surface area contributed by atoms with Crippen LogP contribution in [0.15, 0.2) is 48.5 Å². The lowest BCUT2D eigenvalue weighted by Gasteiger charge is -2.36. The zero-order valence-electron chi connectivity index (χ0n) is 15.6. The van der Waals surface area contributed by atoms with Gasteiger partial charge in [-0.15, -0.1) is 0 Å². The second kappa shape index (κ2) is 8.61. The fraction of sp³-hybridized carbons (Fsp3) is 0.381. The average molecular weight is 353 g/mol. The molecule has 3 rings (SSSR count). The van der Waals surface area contributed by atoms with Crippen LogP contribution in [0.25, 0.3) is 0 Å². The van der Waals surface area contributed by atoms with Crippen LogP contribution >= 0.6 is 0 Å². The highest BCUT2D eigenvalue weighted by Crippen LogP contribution is 2.28. The Balaban J connectivity index is 1.46. The van der Waals surface area contributed by atoms with Gasteiger partial charge in [-0.05, 0) is 31.0 Å². The molecule has 0 saturated carbocycles. The maximum atomic E-state index is 12.4. The molecule has 1 aliphatic heterocycles. The molecule has 1 N–H and O–H groups in total. The highest BCUT2D eigenvalue weighted by Gasteiger charge is 2.22. The van der Waals surface area contributed by atoms with Crippen LogP contribution in [0.2, 0.25) is 0 Å². The zero-order valence-corrected chi connectivity index (χ0v) is 15.6. The molecule has 1 fully saturated rings. The normalized spacial score (nSPS) is 14.2. The molecule has 0 aliphatic carbocycles. The predicted octanol–water partition coefficient (Wildman–Crippen LogP) is 3.08. The quantitative estimate of drug-likeness (QED) is 0.898. The Morgan fingerprint density at radius 3 is 2.58 bits per heavy atom. The number of aryl methyl sites for hydroxylation is 1. The number of amides is 2. The van der Waals surface area contributed by atoms with Gasteiger partial charge in [0.05, 0.1) is 12.8 Å². The number of urea groups is 1. The molecule has 0 aromatic heterocycles. The van der Waals surface area contributed by atoms with Crippen LogP contribution in [0.4, 0.5) is 10.5 Å². The van der Waals surface area contributed by atoms with E-state index in [-0.39, 0.29) is 6.03 Å². The molecule has 26 heavy (non-hydrogen) atoms. The fourth-order valence-corrected chi connectivity index (χ4v) is 3.33. The number of carbonyl (C=O) groups is 1. The maximum absolute atomic E-state index is 12.4. The molecule has 138 valence electrons. The summed E-state index contributed by atoms with van der Waals surface area (Å²) in [7, 11) is 1.69. The molecule has 1 heterocycles. The fourth-order valence-electron chi connectivity index (χ4n) is 3.33. The number of methoxy groups -OCH3 is 1. The summed E-state index contributed by atoms with van der Waals surface area (Å²) in [5.41, 5.74) is 3.60. The first kappa shape index (κ1) is 18.1. The number of hydrogen-bond acceptors (Lipinski definition) is 3. The predicted molar refractivity (Wildman–Crippen MR) is 105 cm³/mol. The molecule has 0 unspecified atom stereocenters. The van der Waals surface area contributed by atoms with Crippen molar-refractivity contribution in [2.24, 2.45) is 0 Å². The Morgan fingerprint density at radius 2 is 1.85 bits per heavy atom. The van der Waals surface area contributed by atoms with E-state index in [0.29, 0.717) is 19.6 Å². The van der Waals surface area contributed by atoms with Crippen molar-refractivity contribution >= 4 is 11.7 Å². The first-order valence-corrected chi connectivity index (χ1v) is 9.13. The highest BCUT2D eigenvalue weighted by molar-refractivity contribution is 5.74. The molecule has 0 radical (unpaired) electrons. The van der Waals surface area contributed by atoms with E-state index in [2.05, 4.69) is 47.5 Å². The molecule has 0 spiro atoms. The van der Waals surface area contributed by atoms with Crippen molar-refractivity contribution in [3.05, 3.63) is 59.7 Å². The van der Waals surface area contributed by atoms with Gasteiger partial charge in [0, 0.05) is 32.7 Å². The van der Waals surface area contributed by atoms with E-state index in [1.807, 2.05) is 23.1 Å². The van der Waals surface area contributed by atoms with E-state index in [1.54, 1.807) is 7.11 Å². The summed E-state index contributed by atoms with van der Waals surface area (Å²) in [4.78, 5) is 16.6. The van der Waals surface area contributed by atoms with Gasteiger partial charge in [-0.25, -0.2) is 4.79 Å². The average Bonchev–Trinajstić information content (AvgIpc) is 2.68. The third-order valence-electron chi connectivity index (χ3n) is 4.77. The highest BCUT2D eigenvalue weighted by atomic mass is 16.5. The molecule has 5 nitrogen and oxygen atoms in total. The Labute approximate surface area is 155 Å². The number of benzene rings is 2. The molecule has 0 bridgehead atoms. The second-order valence-electron chi connectivity index (χ2n) is 6.62. The zero-order chi connectivity index (χ0) is 18.4.